The van der Waals surface area contributed by atoms with E-state index in [0.29, 0.717) is 28.0 Å². The van der Waals surface area contributed by atoms with Gasteiger partial charge in [-0.1, -0.05) is 36.0 Å². The molecular formula is C20H23N3O3S. The molecule has 0 radical (unpaired) electrons. The van der Waals surface area contributed by atoms with Gasteiger partial charge in [0.05, 0.1) is 11.7 Å². The van der Waals surface area contributed by atoms with E-state index in [1.54, 1.807) is 17.7 Å². The summed E-state index contributed by atoms with van der Waals surface area (Å²) in [6.45, 7) is 7.59. The van der Waals surface area contributed by atoms with Crippen molar-refractivity contribution in [3.05, 3.63) is 58.4 Å². The molecule has 2 aromatic rings. The molecule has 0 saturated heterocycles. The average molecular weight is 385 g/mol. The lowest BCUT2D eigenvalue weighted by molar-refractivity contribution is -0.116. The Balaban J connectivity index is 2.15. The molecule has 7 heteroatoms. The van der Waals surface area contributed by atoms with Gasteiger partial charge >= 0.3 is 0 Å². The lowest BCUT2D eigenvalue weighted by Gasteiger charge is -2.28. The first-order valence-corrected chi connectivity index (χ1v) is 9.81. The number of rotatable bonds is 6. The number of nitrogens with zero attached hydrogens (tertiary/aromatic N) is 2. The summed E-state index contributed by atoms with van der Waals surface area (Å²) in [5.41, 5.74) is 1.01. The number of para-hydroxylation sites is 1. The van der Waals surface area contributed by atoms with Crippen LogP contribution in [0.15, 0.2) is 46.9 Å². The van der Waals surface area contributed by atoms with Crippen LogP contribution in [0.4, 0.5) is 5.82 Å². The Morgan fingerprint density at radius 1 is 1.41 bits per heavy atom. The van der Waals surface area contributed by atoms with Crippen LogP contribution < -0.4 is 15.6 Å². The van der Waals surface area contributed by atoms with E-state index in [1.807, 2.05) is 38.1 Å². The molecule has 0 aliphatic carbocycles. The van der Waals surface area contributed by atoms with Crippen LogP contribution in [0, 0.1) is 0 Å². The zero-order valence-corrected chi connectivity index (χ0v) is 16.5. The summed E-state index contributed by atoms with van der Waals surface area (Å²) in [6, 6.07) is 7.55. The SMILES string of the molecule is C=CCSc1nc(=O)c2c(n1C)NC(=O)C[C@@H]2c1ccccc1OC(C)C. The summed E-state index contributed by atoms with van der Waals surface area (Å²) in [5, 5.41) is 3.40. The summed E-state index contributed by atoms with van der Waals surface area (Å²) >= 11 is 1.40. The maximum absolute atomic E-state index is 12.9. The summed E-state index contributed by atoms with van der Waals surface area (Å²) in [5.74, 6) is 1.29. The zero-order chi connectivity index (χ0) is 19.6. The normalized spacial score (nSPS) is 16.0. The highest BCUT2D eigenvalue weighted by atomic mass is 32.2. The fraction of sp³-hybridized carbons (Fsp3) is 0.350. The van der Waals surface area contributed by atoms with E-state index in [4.69, 9.17) is 4.74 Å². The maximum atomic E-state index is 12.9. The van der Waals surface area contributed by atoms with Crippen molar-refractivity contribution in [3.63, 3.8) is 0 Å². The van der Waals surface area contributed by atoms with Gasteiger partial charge < -0.3 is 14.6 Å². The van der Waals surface area contributed by atoms with Crippen molar-refractivity contribution in [3.8, 4) is 5.75 Å². The Bertz CT molecular complexity index is 937. The highest BCUT2D eigenvalue weighted by Gasteiger charge is 2.33. The molecule has 1 aromatic carbocycles. The first-order valence-electron chi connectivity index (χ1n) is 8.82. The largest absolute Gasteiger partial charge is 0.491 e. The first kappa shape index (κ1) is 19.2. The van der Waals surface area contributed by atoms with Crippen LogP contribution >= 0.6 is 11.8 Å². The fourth-order valence-corrected chi connectivity index (χ4v) is 3.89. The molecule has 0 unspecified atom stereocenters. The number of nitrogens with one attached hydrogen (secondary N) is 1. The van der Waals surface area contributed by atoms with E-state index in [-0.39, 0.29) is 24.0 Å². The van der Waals surface area contributed by atoms with Gasteiger partial charge in [0, 0.05) is 30.7 Å². The highest BCUT2D eigenvalue weighted by molar-refractivity contribution is 7.99. The second kappa shape index (κ2) is 8.00. The number of benzene rings is 1. The fourth-order valence-electron chi connectivity index (χ4n) is 3.19. The number of carbonyl (C=O) groups excluding carboxylic acids is 1. The molecular weight excluding hydrogens is 362 g/mol. The number of amides is 1. The zero-order valence-electron chi connectivity index (χ0n) is 15.7. The molecule has 1 atom stereocenters. The lowest BCUT2D eigenvalue weighted by atomic mass is 9.86. The molecule has 0 bridgehead atoms. The summed E-state index contributed by atoms with van der Waals surface area (Å²) in [4.78, 5) is 29.5. The Hall–Kier alpha value is -2.54. The van der Waals surface area contributed by atoms with E-state index in [2.05, 4.69) is 16.9 Å². The van der Waals surface area contributed by atoms with Gasteiger partial charge in [-0.2, -0.15) is 4.98 Å². The van der Waals surface area contributed by atoms with Gasteiger partial charge in [-0.15, -0.1) is 6.58 Å². The van der Waals surface area contributed by atoms with Crippen molar-refractivity contribution < 1.29 is 9.53 Å². The summed E-state index contributed by atoms with van der Waals surface area (Å²) < 4.78 is 7.68. The van der Waals surface area contributed by atoms with E-state index in [1.165, 1.54) is 11.8 Å². The van der Waals surface area contributed by atoms with Gasteiger partial charge in [0.15, 0.2) is 5.16 Å². The van der Waals surface area contributed by atoms with E-state index < -0.39 is 5.92 Å². The Morgan fingerprint density at radius 3 is 2.85 bits per heavy atom. The van der Waals surface area contributed by atoms with E-state index in [9.17, 15) is 9.59 Å². The summed E-state index contributed by atoms with van der Waals surface area (Å²) in [6.07, 6.45) is 1.92. The molecule has 1 aromatic heterocycles. The van der Waals surface area contributed by atoms with Crippen LogP contribution in [-0.2, 0) is 11.8 Å². The minimum atomic E-state index is -0.395. The molecule has 0 saturated carbocycles. The van der Waals surface area contributed by atoms with Crippen molar-refractivity contribution in [1.82, 2.24) is 9.55 Å². The third kappa shape index (κ3) is 3.93. The third-order valence-corrected chi connectivity index (χ3v) is 5.31. The number of ether oxygens (including phenoxy) is 1. The second-order valence-corrected chi connectivity index (χ2v) is 7.62. The van der Waals surface area contributed by atoms with Crippen LogP contribution in [0.3, 0.4) is 0 Å². The first-order chi connectivity index (χ1) is 12.9. The predicted octanol–water partition coefficient (Wildman–Crippen LogP) is 3.32. The lowest BCUT2D eigenvalue weighted by Crippen LogP contribution is -2.33. The molecule has 27 heavy (non-hydrogen) atoms. The van der Waals surface area contributed by atoms with Crippen molar-refractivity contribution >= 4 is 23.5 Å². The molecule has 1 N–H and O–H groups in total. The van der Waals surface area contributed by atoms with Crippen LogP contribution in [0.5, 0.6) is 5.75 Å². The van der Waals surface area contributed by atoms with Crippen molar-refractivity contribution in [2.75, 3.05) is 11.1 Å². The molecule has 0 fully saturated rings. The third-order valence-electron chi connectivity index (χ3n) is 4.29. The van der Waals surface area contributed by atoms with Crippen LogP contribution in [0.1, 0.15) is 37.3 Å². The molecule has 2 heterocycles. The molecule has 1 aliphatic rings. The number of carbonyl (C=O) groups is 1. The number of fused-ring (bicyclic) bond motifs is 1. The minimum absolute atomic E-state index is 0.0123. The van der Waals surface area contributed by atoms with Gasteiger partial charge in [-0.25, -0.2) is 0 Å². The number of hydrogen-bond acceptors (Lipinski definition) is 5. The van der Waals surface area contributed by atoms with Gasteiger partial charge in [0.2, 0.25) is 5.91 Å². The van der Waals surface area contributed by atoms with Gasteiger partial charge in [-0.3, -0.25) is 9.59 Å². The van der Waals surface area contributed by atoms with Gasteiger partial charge in [0.25, 0.3) is 5.56 Å². The number of thioether (sulfide) groups is 1. The van der Waals surface area contributed by atoms with E-state index in [0.717, 1.165) is 5.56 Å². The monoisotopic (exact) mass is 385 g/mol. The van der Waals surface area contributed by atoms with Gasteiger partial charge in [0.1, 0.15) is 11.6 Å². The molecule has 142 valence electrons. The van der Waals surface area contributed by atoms with E-state index >= 15 is 0 Å². The van der Waals surface area contributed by atoms with Crippen molar-refractivity contribution in [2.45, 2.75) is 37.4 Å². The number of hydrogen-bond donors (Lipinski definition) is 1. The van der Waals surface area contributed by atoms with Crippen molar-refractivity contribution in [1.29, 1.82) is 0 Å². The Labute approximate surface area is 162 Å². The van der Waals surface area contributed by atoms with Crippen molar-refractivity contribution in [2.24, 2.45) is 7.05 Å². The maximum Gasteiger partial charge on any atom is 0.279 e. The molecule has 1 aliphatic heterocycles. The van der Waals surface area contributed by atoms with Gasteiger partial charge in [-0.05, 0) is 19.9 Å². The topological polar surface area (TPSA) is 73.2 Å². The number of anilines is 1. The Morgan fingerprint density at radius 2 is 2.15 bits per heavy atom. The Kier molecular flexibility index (Phi) is 5.70. The molecule has 6 nitrogen and oxygen atoms in total. The van der Waals surface area contributed by atoms with Crippen LogP contribution in [0.2, 0.25) is 0 Å². The second-order valence-electron chi connectivity index (χ2n) is 6.63. The van der Waals surface area contributed by atoms with Crippen LogP contribution in [-0.4, -0.2) is 27.3 Å². The summed E-state index contributed by atoms with van der Waals surface area (Å²) in [7, 11) is 1.80. The standard InChI is InChI=1S/C20H23N3O3S/c1-5-10-27-20-22-19(25)17-14(11-16(24)21-18(17)23(20)4)13-8-6-7-9-15(13)26-12(2)3/h5-9,12,14H,1,10-11H2,2-4H3,(H,21,24)/t14-/m1/s1. The van der Waals surface area contributed by atoms with Crippen LogP contribution in [0.25, 0.3) is 0 Å². The highest BCUT2D eigenvalue weighted by Crippen LogP contribution is 2.39. The minimum Gasteiger partial charge on any atom is -0.491 e. The average Bonchev–Trinajstić information content (AvgIpc) is 2.62. The molecule has 1 amide bonds. The molecule has 3 rings (SSSR count). The smallest absolute Gasteiger partial charge is 0.279 e. The molecule has 0 spiro atoms. The predicted molar refractivity (Wildman–Crippen MR) is 108 cm³/mol. The number of aromatic nitrogens is 2. The quantitative estimate of drug-likeness (QED) is 0.469.